The first kappa shape index (κ1) is 21.8. The number of hydrogen-bond donors (Lipinski definition) is 4. The van der Waals surface area contributed by atoms with Gasteiger partial charge in [-0.25, -0.2) is 19.2 Å². The van der Waals surface area contributed by atoms with Crippen molar-refractivity contribution in [3.8, 4) is 11.5 Å². The van der Waals surface area contributed by atoms with Gasteiger partial charge in [-0.05, 0) is 12.1 Å². The van der Waals surface area contributed by atoms with Gasteiger partial charge in [0.15, 0.2) is 12.9 Å². The van der Waals surface area contributed by atoms with Gasteiger partial charge in [0.1, 0.15) is 11.3 Å². The van der Waals surface area contributed by atoms with E-state index in [4.69, 9.17) is 4.74 Å². The summed E-state index contributed by atoms with van der Waals surface area (Å²) in [6, 6.07) is 13.3. The standard InChI is InChI=1S/C22H13O10P/c23-19(24)13-14(20(25)26)16(22(29)30)18-17(15(13)21(27)28)32-11-8-4-5-9-12(11)33(18,31)10-6-2-1-3-7-10/h1-9H,(H,23,24)(H,25,26)(H,27,28)(H,29,30). The van der Waals surface area contributed by atoms with Crippen molar-refractivity contribution in [1.29, 1.82) is 0 Å². The quantitative estimate of drug-likeness (QED) is 0.318. The van der Waals surface area contributed by atoms with Gasteiger partial charge in [-0.15, -0.1) is 0 Å². The summed E-state index contributed by atoms with van der Waals surface area (Å²) in [7, 11) is -4.25. The molecule has 0 radical (unpaired) electrons. The van der Waals surface area contributed by atoms with E-state index in [-0.39, 0.29) is 16.4 Å². The molecule has 11 heteroatoms. The molecule has 0 aliphatic carbocycles. The summed E-state index contributed by atoms with van der Waals surface area (Å²) in [6.07, 6.45) is 0. The molecule has 3 aromatic carbocycles. The van der Waals surface area contributed by atoms with E-state index in [0.29, 0.717) is 0 Å². The second-order valence-corrected chi connectivity index (χ2v) is 9.58. The zero-order valence-electron chi connectivity index (χ0n) is 16.4. The molecule has 0 saturated carbocycles. The van der Waals surface area contributed by atoms with Crippen LogP contribution in [0.4, 0.5) is 0 Å². The molecule has 0 bridgehead atoms. The van der Waals surface area contributed by atoms with Crippen LogP contribution < -0.4 is 20.7 Å². The van der Waals surface area contributed by atoms with Gasteiger partial charge >= 0.3 is 23.9 Å². The lowest BCUT2D eigenvalue weighted by Crippen LogP contribution is -2.38. The van der Waals surface area contributed by atoms with Crippen molar-refractivity contribution in [3.63, 3.8) is 0 Å². The fourth-order valence-electron chi connectivity index (χ4n) is 3.89. The first-order valence-corrected chi connectivity index (χ1v) is 10.9. The number of aromatic carboxylic acids is 4. The molecule has 0 fully saturated rings. The number of fused-ring (bicyclic) bond motifs is 2. The van der Waals surface area contributed by atoms with Crippen LogP contribution in [0.3, 0.4) is 0 Å². The molecule has 1 aliphatic heterocycles. The fraction of sp³-hybridized carbons (Fsp3) is 0. The van der Waals surface area contributed by atoms with E-state index in [9.17, 15) is 44.2 Å². The number of benzene rings is 3. The summed E-state index contributed by atoms with van der Waals surface area (Å²) < 4.78 is 20.4. The van der Waals surface area contributed by atoms with Crippen molar-refractivity contribution in [2.75, 3.05) is 0 Å². The number of para-hydroxylation sites is 1. The fourth-order valence-corrected chi connectivity index (χ4v) is 6.96. The van der Waals surface area contributed by atoms with Crippen LogP contribution in [0.25, 0.3) is 0 Å². The Kier molecular flexibility index (Phi) is 5.03. The van der Waals surface area contributed by atoms with Gasteiger partial charge in [-0.1, -0.05) is 42.5 Å². The third kappa shape index (κ3) is 3.07. The second kappa shape index (κ2) is 7.61. The summed E-state index contributed by atoms with van der Waals surface area (Å²) in [6.45, 7) is 0. The molecule has 0 aromatic heterocycles. The van der Waals surface area contributed by atoms with Crippen LogP contribution >= 0.6 is 7.14 Å². The smallest absolute Gasteiger partial charge is 0.340 e. The van der Waals surface area contributed by atoms with Crippen molar-refractivity contribution in [2.45, 2.75) is 0 Å². The predicted molar refractivity (Wildman–Crippen MR) is 114 cm³/mol. The maximum absolute atomic E-state index is 14.8. The summed E-state index contributed by atoms with van der Waals surface area (Å²) in [5.41, 5.74) is -4.80. The van der Waals surface area contributed by atoms with Crippen molar-refractivity contribution in [3.05, 3.63) is 76.9 Å². The largest absolute Gasteiger partial charge is 0.478 e. The molecule has 10 nitrogen and oxygen atoms in total. The highest BCUT2D eigenvalue weighted by molar-refractivity contribution is 7.86. The van der Waals surface area contributed by atoms with Crippen molar-refractivity contribution < 1.29 is 48.9 Å². The van der Waals surface area contributed by atoms with Crippen LogP contribution in [-0.2, 0) is 4.57 Å². The molecular weight excluding hydrogens is 455 g/mol. The average Bonchev–Trinajstić information content (AvgIpc) is 2.77. The number of carbonyl (C=O) groups is 4. The highest BCUT2D eigenvalue weighted by Crippen LogP contribution is 2.54. The third-order valence-electron chi connectivity index (χ3n) is 5.14. The predicted octanol–water partition coefficient (Wildman–Crippen LogP) is 2.22. The van der Waals surface area contributed by atoms with Gasteiger partial charge in [0.2, 0.25) is 0 Å². The van der Waals surface area contributed by atoms with Crippen molar-refractivity contribution in [2.24, 2.45) is 0 Å². The van der Waals surface area contributed by atoms with Gasteiger partial charge in [-0.3, -0.25) is 0 Å². The molecular formula is C22H13O10P. The zero-order valence-corrected chi connectivity index (χ0v) is 17.3. The maximum atomic E-state index is 14.8. The molecule has 1 unspecified atom stereocenters. The van der Waals surface area contributed by atoms with Crippen molar-refractivity contribution in [1.82, 2.24) is 0 Å². The minimum atomic E-state index is -4.25. The first-order valence-electron chi connectivity index (χ1n) is 9.21. The van der Waals surface area contributed by atoms with Crippen LogP contribution in [0.2, 0.25) is 0 Å². The van der Waals surface area contributed by atoms with Gasteiger partial charge < -0.3 is 29.7 Å². The van der Waals surface area contributed by atoms with Crippen LogP contribution in [0.15, 0.2) is 54.6 Å². The monoisotopic (exact) mass is 468 g/mol. The Bertz CT molecular complexity index is 1420. The summed E-state index contributed by atoms with van der Waals surface area (Å²) >= 11 is 0. The Morgan fingerprint density at radius 3 is 1.67 bits per heavy atom. The zero-order chi connectivity index (χ0) is 24.1. The minimum absolute atomic E-state index is 0.0157. The van der Waals surface area contributed by atoms with Crippen LogP contribution in [0.1, 0.15) is 41.4 Å². The number of ether oxygens (including phenoxy) is 1. The van der Waals surface area contributed by atoms with Crippen LogP contribution in [-0.4, -0.2) is 44.3 Å². The van der Waals surface area contributed by atoms with Crippen LogP contribution in [0.5, 0.6) is 11.5 Å². The third-order valence-corrected chi connectivity index (χ3v) is 8.27. The number of rotatable bonds is 5. The van der Waals surface area contributed by atoms with E-state index in [0.717, 1.165) is 0 Å². The van der Waals surface area contributed by atoms with Gasteiger partial charge in [-0.2, -0.15) is 0 Å². The first-order chi connectivity index (χ1) is 15.6. The molecule has 1 aliphatic rings. The molecule has 166 valence electrons. The lowest BCUT2D eigenvalue weighted by atomic mass is 9.94. The SMILES string of the molecule is O=C(O)c1c2c(c(C(=O)O)c(C(=O)O)c1C(=O)O)P(=O)(c1ccccc1)c1ccccc1O2. The van der Waals surface area contributed by atoms with Gasteiger partial charge in [0, 0.05) is 5.30 Å². The Labute approximate surface area is 184 Å². The van der Waals surface area contributed by atoms with Gasteiger partial charge in [0.05, 0.1) is 27.3 Å². The van der Waals surface area contributed by atoms with E-state index < -0.39 is 64.3 Å². The highest BCUT2D eigenvalue weighted by Gasteiger charge is 2.48. The number of carboxylic acid groups (broad SMARTS) is 4. The lowest BCUT2D eigenvalue weighted by molar-refractivity contribution is 0.0618. The van der Waals surface area contributed by atoms with E-state index in [2.05, 4.69) is 0 Å². The molecule has 0 amide bonds. The molecule has 0 saturated heterocycles. The lowest BCUT2D eigenvalue weighted by Gasteiger charge is -2.32. The Balaban J connectivity index is 2.35. The van der Waals surface area contributed by atoms with Gasteiger partial charge in [0.25, 0.3) is 0 Å². The Hall–Kier alpha value is -4.43. The summed E-state index contributed by atoms with van der Waals surface area (Å²) in [5.74, 6) is -8.64. The topological polar surface area (TPSA) is 175 Å². The average molecular weight is 468 g/mol. The van der Waals surface area contributed by atoms with E-state index in [1.165, 1.54) is 48.5 Å². The van der Waals surface area contributed by atoms with Crippen molar-refractivity contribution >= 4 is 46.9 Å². The molecule has 1 heterocycles. The molecule has 4 rings (SSSR count). The van der Waals surface area contributed by atoms with E-state index >= 15 is 0 Å². The molecule has 33 heavy (non-hydrogen) atoms. The second-order valence-electron chi connectivity index (χ2n) is 6.91. The number of carboxylic acids is 4. The Morgan fingerprint density at radius 2 is 1.12 bits per heavy atom. The maximum Gasteiger partial charge on any atom is 0.340 e. The minimum Gasteiger partial charge on any atom is -0.478 e. The highest BCUT2D eigenvalue weighted by atomic mass is 31.2. The summed E-state index contributed by atoms with van der Waals surface area (Å²) in [5, 5.41) is 38.6. The molecule has 3 aromatic rings. The Morgan fingerprint density at radius 1 is 0.636 bits per heavy atom. The van der Waals surface area contributed by atoms with Crippen LogP contribution in [0, 0.1) is 0 Å². The molecule has 0 spiro atoms. The normalized spacial score (nSPS) is 16.1. The number of hydrogen-bond acceptors (Lipinski definition) is 6. The van der Waals surface area contributed by atoms with E-state index in [1.54, 1.807) is 6.07 Å². The molecule has 1 atom stereocenters. The molecule has 4 N–H and O–H groups in total. The van der Waals surface area contributed by atoms with E-state index in [1.807, 2.05) is 0 Å². The summed E-state index contributed by atoms with van der Waals surface area (Å²) in [4.78, 5) is 48.4.